The van der Waals surface area contributed by atoms with Gasteiger partial charge in [-0.3, -0.25) is 9.36 Å². The summed E-state index contributed by atoms with van der Waals surface area (Å²) in [4.78, 5) is 20.1. The third kappa shape index (κ3) is 2.69. The molecule has 1 aliphatic heterocycles. The minimum absolute atomic E-state index is 0.0239. The summed E-state index contributed by atoms with van der Waals surface area (Å²) < 4.78 is 7.67. The zero-order chi connectivity index (χ0) is 16.7. The second-order valence-electron chi connectivity index (χ2n) is 5.97. The molecule has 3 heterocycles. The number of aromatic nitrogens is 1. The van der Waals surface area contributed by atoms with E-state index in [4.69, 9.17) is 4.42 Å². The van der Waals surface area contributed by atoms with Gasteiger partial charge >= 0.3 is 0 Å². The second kappa shape index (κ2) is 5.79. The van der Waals surface area contributed by atoms with E-state index in [9.17, 15) is 4.79 Å². The topological polar surface area (TPSA) is 50.7 Å². The maximum absolute atomic E-state index is 12.7. The van der Waals surface area contributed by atoms with Crippen LogP contribution in [-0.2, 0) is 6.67 Å². The van der Waals surface area contributed by atoms with Gasteiger partial charge in [-0.05, 0) is 49.2 Å². The van der Waals surface area contributed by atoms with Crippen LogP contribution in [0, 0.1) is 13.8 Å². The molecule has 1 aromatic carbocycles. The fourth-order valence-electron chi connectivity index (χ4n) is 2.91. The Labute approximate surface area is 142 Å². The molecule has 0 radical (unpaired) electrons. The van der Waals surface area contributed by atoms with Crippen LogP contribution in [0.4, 0.5) is 5.69 Å². The number of aryl methyl sites for hydroxylation is 2. The molecule has 24 heavy (non-hydrogen) atoms. The Hall–Kier alpha value is -2.60. The first-order chi connectivity index (χ1) is 11.6. The molecule has 4 rings (SSSR count). The lowest BCUT2D eigenvalue weighted by Gasteiger charge is -2.26. The summed E-state index contributed by atoms with van der Waals surface area (Å²) in [6, 6.07) is 10.0. The summed E-state index contributed by atoms with van der Waals surface area (Å²) in [5, 5.41) is 0. The molecule has 5 nitrogen and oxygen atoms in total. The molecular weight excluding hydrogens is 322 g/mol. The van der Waals surface area contributed by atoms with Gasteiger partial charge in [0.05, 0.1) is 10.8 Å². The lowest BCUT2D eigenvalue weighted by molar-refractivity contribution is 0.556. The molecule has 0 saturated heterocycles. The van der Waals surface area contributed by atoms with E-state index in [0.29, 0.717) is 23.6 Å². The molecule has 0 atom stereocenters. The van der Waals surface area contributed by atoms with E-state index < -0.39 is 0 Å². The molecule has 0 spiro atoms. The van der Waals surface area contributed by atoms with Crippen molar-refractivity contribution in [1.82, 2.24) is 4.57 Å². The minimum Gasteiger partial charge on any atom is -0.465 e. The van der Waals surface area contributed by atoms with Gasteiger partial charge in [0.15, 0.2) is 4.80 Å². The highest BCUT2D eigenvalue weighted by Gasteiger charge is 2.16. The largest absolute Gasteiger partial charge is 0.465 e. The molecule has 3 aromatic rings. The summed E-state index contributed by atoms with van der Waals surface area (Å²) in [6.07, 6.45) is 3.37. The first kappa shape index (κ1) is 15.0. The maximum Gasteiger partial charge on any atom is 0.271 e. The van der Waals surface area contributed by atoms with Crippen molar-refractivity contribution >= 4 is 23.1 Å². The van der Waals surface area contributed by atoms with Crippen molar-refractivity contribution in [3.63, 3.8) is 0 Å². The van der Waals surface area contributed by atoms with E-state index in [-0.39, 0.29) is 5.56 Å². The molecule has 0 N–H and O–H groups in total. The van der Waals surface area contributed by atoms with Crippen LogP contribution in [0.2, 0.25) is 0 Å². The predicted molar refractivity (Wildman–Crippen MR) is 94.9 cm³/mol. The smallest absolute Gasteiger partial charge is 0.271 e. The zero-order valence-corrected chi connectivity index (χ0v) is 14.3. The van der Waals surface area contributed by atoms with Gasteiger partial charge in [-0.1, -0.05) is 17.4 Å². The van der Waals surface area contributed by atoms with Crippen LogP contribution in [0.5, 0.6) is 0 Å². The molecule has 0 fully saturated rings. The van der Waals surface area contributed by atoms with Crippen molar-refractivity contribution < 1.29 is 4.42 Å². The van der Waals surface area contributed by atoms with Crippen molar-refractivity contribution in [3.05, 3.63) is 73.2 Å². The normalized spacial score (nSPS) is 14.6. The van der Waals surface area contributed by atoms with Gasteiger partial charge in [-0.15, -0.1) is 0 Å². The lowest BCUT2D eigenvalue weighted by atomic mass is 10.1. The maximum atomic E-state index is 12.7. The monoisotopic (exact) mass is 339 g/mol. The molecule has 0 unspecified atom stereocenters. The molecule has 6 heteroatoms. The fraction of sp³-hybridized carbons (Fsp3) is 0.222. The molecule has 0 amide bonds. The number of anilines is 1. The Balaban J connectivity index is 1.74. The predicted octanol–water partition coefficient (Wildman–Crippen LogP) is 2.00. The summed E-state index contributed by atoms with van der Waals surface area (Å²) in [5.74, 6) is 0.678. The number of rotatable bonds is 2. The number of hydrogen-bond donors (Lipinski definition) is 0. The van der Waals surface area contributed by atoms with Crippen molar-refractivity contribution in [3.8, 4) is 0 Å². The highest BCUT2D eigenvalue weighted by molar-refractivity contribution is 7.07. The minimum atomic E-state index is -0.0239. The van der Waals surface area contributed by atoms with Crippen LogP contribution in [0.1, 0.15) is 16.9 Å². The Morgan fingerprint density at radius 3 is 2.75 bits per heavy atom. The highest BCUT2D eigenvalue weighted by atomic mass is 32.1. The van der Waals surface area contributed by atoms with Gasteiger partial charge in [0.25, 0.3) is 5.56 Å². The Kier molecular flexibility index (Phi) is 3.61. The first-order valence-electron chi connectivity index (χ1n) is 7.73. The zero-order valence-electron chi connectivity index (χ0n) is 13.5. The molecule has 0 saturated carbocycles. The van der Waals surface area contributed by atoms with E-state index >= 15 is 0 Å². The van der Waals surface area contributed by atoms with Crippen molar-refractivity contribution in [2.75, 3.05) is 11.6 Å². The summed E-state index contributed by atoms with van der Waals surface area (Å²) in [7, 11) is 0. The van der Waals surface area contributed by atoms with Gasteiger partial charge < -0.3 is 9.32 Å². The average molecular weight is 339 g/mol. The van der Waals surface area contributed by atoms with E-state index in [1.54, 1.807) is 16.9 Å². The van der Waals surface area contributed by atoms with Gasteiger partial charge in [0.1, 0.15) is 19.1 Å². The van der Waals surface area contributed by atoms with Crippen LogP contribution in [0.15, 0.2) is 50.8 Å². The number of benzene rings is 1. The molecule has 1 aliphatic rings. The van der Waals surface area contributed by atoms with Crippen LogP contribution >= 0.6 is 11.3 Å². The van der Waals surface area contributed by atoms with Gasteiger partial charge in [0, 0.05) is 11.8 Å². The number of furan rings is 1. The fourth-order valence-corrected chi connectivity index (χ4v) is 3.85. The highest BCUT2D eigenvalue weighted by Crippen LogP contribution is 2.19. The average Bonchev–Trinajstić information content (AvgIpc) is 3.16. The standard InChI is InChI=1S/C18H17N3O2S/c1-12-6-13(2)8-14(7-12)20-10-19-18-21(11-20)17(22)16(24-18)9-15-4-3-5-23-15/h3-9H,10-11H2,1-2H3. The quantitative estimate of drug-likeness (QED) is 0.718. The number of thiazole rings is 1. The Morgan fingerprint density at radius 1 is 1.25 bits per heavy atom. The van der Waals surface area contributed by atoms with Gasteiger partial charge in [-0.2, -0.15) is 0 Å². The Bertz CT molecular complexity index is 1040. The Morgan fingerprint density at radius 2 is 2.04 bits per heavy atom. The van der Waals surface area contributed by atoms with Crippen molar-refractivity contribution in [2.24, 2.45) is 4.99 Å². The number of fused-ring (bicyclic) bond motifs is 1. The SMILES string of the molecule is Cc1cc(C)cc(N2CN=c3sc(=Cc4ccco4)c(=O)n3C2)c1. The molecule has 0 bridgehead atoms. The van der Waals surface area contributed by atoms with Crippen molar-refractivity contribution in [1.29, 1.82) is 0 Å². The summed E-state index contributed by atoms with van der Waals surface area (Å²) in [5.41, 5.74) is 3.49. The molecule has 0 aliphatic carbocycles. The number of nitrogens with zero attached hydrogens (tertiary/aromatic N) is 3. The summed E-state index contributed by atoms with van der Waals surface area (Å²) in [6.45, 7) is 5.23. The van der Waals surface area contributed by atoms with Gasteiger partial charge in [-0.25, -0.2) is 4.99 Å². The number of hydrogen-bond acceptors (Lipinski definition) is 5. The van der Waals surface area contributed by atoms with E-state index in [0.717, 1.165) is 10.5 Å². The van der Waals surface area contributed by atoms with Gasteiger partial charge in [0.2, 0.25) is 0 Å². The van der Waals surface area contributed by atoms with E-state index in [2.05, 4.69) is 41.9 Å². The molecular formula is C18H17N3O2S. The van der Waals surface area contributed by atoms with Crippen molar-refractivity contribution in [2.45, 2.75) is 20.5 Å². The van der Waals surface area contributed by atoms with Crippen LogP contribution in [0.25, 0.3) is 6.08 Å². The molecule has 122 valence electrons. The third-order valence-electron chi connectivity index (χ3n) is 3.97. The van der Waals surface area contributed by atoms with E-state index in [1.807, 2.05) is 12.1 Å². The third-order valence-corrected chi connectivity index (χ3v) is 5.01. The van der Waals surface area contributed by atoms with Crippen LogP contribution in [-0.4, -0.2) is 11.2 Å². The van der Waals surface area contributed by atoms with Crippen LogP contribution < -0.4 is 19.8 Å². The summed E-state index contributed by atoms with van der Waals surface area (Å²) >= 11 is 1.41. The molecule has 2 aromatic heterocycles. The second-order valence-corrected chi connectivity index (χ2v) is 6.98. The van der Waals surface area contributed by atoms with E-state index in [1.165, 1.54) is 22.5 Å². The lowest BCUT2D eigenvalue weighted by Crippen LogP contribution is -2.42. The first-order valence-corrected chi connectivity index (χ1v) is 8.54. The van der Waals surface area contributed by atoms with Crippen LogP contribution in [0.3, 0.4) is 0 Å².